The van der Waals surface area contributed by atoms with E-state index in [1.165, 1.54) is 15.6 Å². The molecule has 0 aliphatic heterocycles. The first-order valence-corrected chi connectivity index (χ1v) is 5.30. The number of fused-ring (bicyclic) bond motifs is 1. The molecule has 1 aromatic heterocycles. The van der Waals surface area contributed by atoms with Crippen molar-refractivity contribution in [1.29, 1.82) is 0 Å². The summed E-state index contributed by atoms with van der Waals surface area (Å²) in [6.07, 6.45) is 1.03. The van der Waals surface area contributed by atoms with E-state index >= 15 is 0 Å². The maximum atomic E-state index is 9.56. The van der Waals surface area contributed by atoms with Gasteiger partial charge in [-0.2, -0.15) is 0 Å². The van der Waals surface area contributed by atoms with Gasteiger partial charge >= 0.3 is 0 Å². The SMILES string of the molecule is CCc1csc2cc(C)c(O)cc12. The lowest BCUT2D eigenvalue weighted by atomic mass is 10.1. The molecule has 0 saturated carbocycles. The second kappa shape index (κ2) is 3.04. The molecule has 0 radical (unpaired) electrons. The van der Waals surface area contributed by atoms with Gasteiger partial charge in [-0.25, -0.2) is 0 Å². The average molecular weight is 192 g/mol. The number of aromatic hydroxyl groups is 1. The molecular formula is C11H12OS. The van der Waals surface area contributed by atoms with Gasteiger partial charge < -0.3 is 5.11 Å². The second-order valence-electron chi connectivity index (χ2n) is 3.25. The number of phenolic OH excluding ortho intramolecular Hbond substituents is 1. The van der Waals surface area contributed by atoms with E-state index in [0.29, 0.717) is 5.75 Å². The summed E-state index contributed by atoms with van der Waals surface area (Å²) >= 11 is 1.75. The Bertz CT molecular complexity index is 443. The number of hydrogen-bond donors (Lipinski definition) is 1. The van der Waals surface area contributed by atoms with Gasteiger partial charge in [0.05, 0.1) is 0 Å². The fourth-order valence-corrected chi connectivity index (χ4v) is 2.62. The monoisotopic (exact) mass is 192 g/mol. The number of benzene rings is 1. The summed E-state index contributed by atoms with van der Waals surface area (Å²) in [5.41, 5.74) is 2.28. The van der Waals surface area contributed by atoms with Gasteiger partial charge in [0, 0.05) is 4.70 Å². The number of aryl methyl sites for hydroxylation is 2. The number of thiophene rings is 1. The lowest BCUT2D eigenvalue weighted by Crippen LogP contribution is -1.77. The molecule has 0 amide bonds. The van der Waals surface area contributed by atoms with Crippen LogP contribution in [0, 0.1) is 6.92 Å². The van der Waals surface area contributed by atoms with Crippen molar-refractivity contribution in [2.45, 2.75) is 20.3 Å². The molecule has 0 saturated heterocycles. The molecule has 0 bridgehead atoms. The average Bonchev–Trinajstić information content (AvgIpc) is 2.48. The highest BCUT2D eigenvalue weighted by molar-refractivity contribution is 7.17. The molecule has 1 N–H and O–H groups in total. The lowest BCUT2D eigenvalue weighted by molar-refractivity contribution is 0.472. The van der Waals surface area contributed by atoms with Gasteiger partial charge in [0.15, 0.2) is 0 Å². The van der Waals surface area contributed by atoms with E-state index < -0.39 is 0 Å². The van der Waals surface area contributed by atoms with Crippen LogP contribution in [-0.4, -0.2) is 5.11 Å². The molecule has 0 aliphatic rings. The van der Waals surface area contributed by atoms with Crippen LogP contribution in [0.4, 0.5) is 0 Å². The highest BCUT2D eigenvalue weighted by atomic mass is 32.1. The Hall–Kier alpha value is -1.02. The Labute approximate surface area is 81.6 Å². The summed E-state index contributed by atoms with van der Waals surface area (Å²) in [4.78, 5) is 0. The Balaban J connectivity index is 2.77. The maximum absolute atomic E-state index is 9.56. The van der Waals surface area contributed by atoms with E-state index in [2.05, 4.69) is 18.4 Å². The van der Waals surface area contributed by atoms with Crippen molar-refractivity contribution in [3.05, 3.63) is 28.6 Å². The summed E-state index contributed by atoms with van der Waals surface area (Å²) < 4.78 is 1.27. The molecule has 13 heavy (non-hydrogen) atoms. The fourth-order valence-electron chi connectivity index (χ4n) is 1.49. The molecule has 0 aliphatic carbocycles. The minimum absolute atomic E-state index is 0.403. The predicted octanol–water partition coefficient (Wildman–Crippen LogP) is 3.48. The topological polar surface area (TPSA) is 20.2 Å². The Kier molecular flexibility index (Phi) is 2.00. The molecular weight excluding hydrogens is 180 g/mol. The third-order valence-electron chi connectivity index (χ3n) is 2.35. The Morgan fingerprint density at radius 3 is 2.85 bits per heavy atom. The van der Waals surface area contributed by atoms with E-state index in [9.17, 15) is 5.11 Å². The maximum Gasteiger partial charge on any atom is 0.119 e. The molecule has 0 spiro atoms. The predicted molar refractivity (Wildman–Crippen MR) is 57.6 cm³/mol. The molecule has 1 heterocycles. The molecule has 0 atom stereocenters. The van der Waals surface area contributed by atoms with Crippen LogP contribution in [0.5, 0.6) is 5.75 Å². The first-order chi connectivity index (χ1) is 6.22. The number of phenols is 1. The van der Waals surface area contributed by atoms with Gasteiger partial charge in [-0.05, 0) is 47.4 Å². The molecule has 2 aromatic rings. The zero-order valence-corrected chi connectivity index (χ0v) is 8.61. The summed E-state index contributed by atoms with van der Waals surface area (Å²) in [5.74, 6) is 0.403. The molecule has 1 aromatic carbocycles. The van der Waals surface area contributed by atoms with Gasteiger partial charge in [-0.3, -0.25) is 0 Å². The molecule has 0 fully saturated rings. The highest BCUT2D eigenvalue weighted by Crippen LogP contribution is 2.31. The molecule has 1 nitrogen and oxygen atoms in total. The second-order valence-corrected chi connectivity index (χ2v) is 4.16. The van der Waals surface area contributed by atoms with Crippen molar-refractivity contribution in [3.8, 4) is 5.75 Å². The van der Waals surface area contributed by atoms with Crippen LogP contribution < -0.4 is 0 Å². The summed E-state index contributed by atoms with van der Waals surface area (Å²) in [6.45, 7) is 4.07. The quantitative estimate of drug-likeness (QED) is 0.733. The molecule has 2 heteroatoms. The van der Waals surface area contributed by atoms with Gasteiger partial charge in [0.25, 0.3) is 0 Å². The molecule has 68 valence electrons. The van der Waals surface area contributed by atoms with E-state index in [-0.39, 0.29) is 0 Å². The van der Waals surface area contributed by atoms with Gasteiger partial charge in [0.1, 0.15) is 5.75 Å². The van der Waals surface area contributed by atoms with Crippen molar-refractivity contribution in [1.82, 2.24) is 0 Å². The van der Waals surface area contributed by atoms with Gasteiger partial charge in [-0.15, -0.1) is 11.3 Å². The summed E-state index contributed by atoms with van der Waals surface area (Å²) in [7, 11) is 0. The summed E-state index contributed by atoms with van der Waals surface area (Å²) in [5, 5.41) is 12.9. The zero-order valence-electron chi connectivity index (χ0n) is 7.79. The van der Waals surface area contributed by atoms with Gasteiger partial charge in [0.2, 0.25) is 0 Å². The van der Waals surface area contributed by atoms with Gasteiger partial charge in [-0.1, -0.05) is 6.92 Å². The highest BCUT2D eigenvalue weighted by Gasteiger charge is 2.05. The smallest absolute Gasteiger partial charge is 0.119 e. The first kappa shape index (κ1) is 8.57. The minimum atomic E-state index is 0.403. The largest absolute Gasteiger partial charge is 0.508 e. The van der Waals surface area contributed by atoms with Crippen LogP contribution in [0.3, 0.4) is 0 Å². The normalized spacial score (nSPS) is 10.9. The van der Waals surface area contributed by atoms with Crippen LogP contribution in [0.2, 0.25) is 0 Å². The lowest BCUT2D eigenvalue weighted by Gasteiger charge is -1.99. The third kappa shape index (κ3) is 1.31. The van der Waals surface area contributed by atoms with E-state index in [1.807, 2.05) is 13.0 Å². The zero-order chi connectivity index (χ0) is 9.42. The third-order valence-corrected chi connectivity index (χ3v) is 3.35. The summed E-state index contributed by atoms with van der Waals surface area (Å²) in [6, 6.07) is 3.93. The molecule has 2 rings (SSSR count). The van der Waals surface area contributed by atoms with Crippen LogP contribution in [0.15, 0.2) is 17.5 Å². The standard InChI is InChI=1S/C11H12OS/c1-3-8-6-13-11-4-7(2)10(12)5-9(8)11/h4-6,12H,3H2,1-2H3. The van der Waals surface area contributed by atoms with Crippen LogP contribution in [0.1, 0.15) is 18.1 Å². The van der Waals surface area contributed by atoms with Crippen molar-refractivity contribution in [2.24, 2.45) is 0 Å². The fraction of sp³-hybridized carbons (Fsp3) is 0.273. The minimum Gasteiger partial charge on any atom is -0.508 e. The van der Waals surface area contributed by atoms with E-state index in [0.717, 1.165) is 12.0 Å². The number of rotatable bonds is 1. The first-order valence-electron chi connectivity index (χ1n) is 4.42. The van der Waals surface area contributed by atoms with E-state index in [1.54, 1.807) is 11.3 Å². The van der Waals surface area contributed by atoms with Crippen LogP contribution >= 0.6 is 11.3 Å². The van der Waals surface area contributed by atoms with E-state index in [4.69, 9.17) is 0 Å². The van der Waals surface area contributed by atoms with Crippen molar-refractivity contribution in [2.75, 3.05) is 0 Å². The van der Waals surface area contributed by atoms with Crippen LogP contribution in [0.25, 0.3) is 10.1 Å². The molecule has 0 unspecified atom stereocenters. The van der Waals surface area contributed by atoms with Crippen molar-refractivity contribution < 1.29 is 5.11 Å². The Morgan fingerprint density at radius 2 is 2.15 bits per heavy atom. The number of hydrogen-bond acceptors (Lipinski definition) is 2. The Morgan fingerprint density at radius 1 is 1.38 bits per heavy atom. The van der Waals surface area contributed by atoms with Crippen LogP contribution in [-0.2, 0) is 6.42 Å². The van der Waals surface area contributed by atoms with Crippen molar-refractivity contribution >= 4 is 21.4 Å². The van der Waals surface area contributed by atoms with Crippen molar-refractivity contribution in [3.63, 3.8) is 0 Å².